The normalized spacial score (nSPS) is 14.8. The molecule has 24 heavy (non-hydrogen) atoms. The molecule has 1 aliphatic heterocycles. The first-order valence-corrected chi connectivity index (χ1v) is 9.90. The lowest BCUT2D eigenvalue weighted by Gasteiger charge is -2.24. The molecule has 0 saturated carbocycles. The first-order chi connectivity index (χ1) is 11.4. The third-order valence-electron chi connectivity index (χ3n) is 3.60. The highest BCUT2D eigenvalue weighted by atomic mass is 35.5. The van der Waals surface area contributed by atoms with Gasteiger partial charge in [0.2, 0.25) is 0 Å². The molecule has 0 fully saturated rings. The lowest BCUT2D eigenvalue weighted by Crippen LogP contribution is -2.32. The summed E-state index contributed by atoms with van der Waals surface area (Å²) in [6.07, 6.45) is 0.689. The zero-order chi connectivity index (χ0) is 17.3. The number of anilines is 1. The van der Waals surface area contributed by atoms with Crippen molar-refractivity contribution in [3.63, 3.8) is 0 Å². The summed E-state index contributed by atoms with van der Waals surface area (Å²) in [5.74, 6) is 0.809. The van der Waals surface area contributed by atoms with E-state index in [0.29, 0.717) is 18.7 Å². The van der Waals surface area contributed by atoms with Crippen LogP contribution in [-0.4, -0.2) is 25.6 Å². The number of nitrogens with zero attached hydrogens (tertiary/aromatic N) is 2. The number of halogens is 1. The predicted octanol–water partition coefficient (Wildman–Crippen LogP) is 3.94. The summed E-state index contributed by atoms with van der Waals surface area (Å²) in [4.78, 5) is 11.1. The Morgan fingerprint density at radius 3 is 2.71 bits per heavy atom. The van der Waals surface area contributed by atoms with Gasteiger partial charge in [0, 0.05) is 17.5 Å². The topological polar surface area (TPSA) is 80.5 Å². The summed E-state index contributed by atoms with van der Waals surface area (Å²) < 4.78 is 27.4. The van der Waals surface area contributed by atoms with Gasteiger partial charge in [0.1, 0.15) is 5.02 Å². The largest absolute Gasteiger partial charge is 0.289 e. The Morgan fingerprint density at radius 1 is 1.21 bits per heavy atom. The molecule has 1 aliphatic rings. The van der Waals surface area contributed by atoms with Gasteiger partial charge in [0.05, 0.1) is 15.5 Å². The SMILES string of the molecule is O=[N+]([O-])c1cc(S(=O)(=O)N2CCCSc3ccccc32)ccc1Cl. The Bertz CT molecular complexity index is 902. The van der Waals surface area contributed by atoms with Gasteiger partial charge >= 0.3 is 0 Å². The maximum atomic E-state index is 13.0. The van der Waals surface area contributed by atoms with E-state index in [2.05, 4.69) is 0 Å². The van der Waals surface area contributed by atoms with Crippen LogP contribution in [0.25, 0.3) is 0 Å². The van der Waals surface area contributed by atoms with Gasteiger partial charge in [-0.2, -0.15) is 0 Å². The Morgan fingerprint density at radius 2 is 1.96 bits per heavy atom. The van der Waals surface area contributed by atoms with Crippen LogP contribution >= 0.6 is 23.4 Å². The van der Waals surface area contributed by atoms with Gasteiger partial charge in [0.25, 0.3) is 15.7 Å². The maximum Gasteiger partial charge on any atom is 0.289 e. The number of benzene rings is 2. The molecule has 0 bridgehead atoms. The van der Waals surface area contributed by atoms with Crippen molar-refractivity contribution in [1.29, 1.82) is 0 Å². The van der Waals surface area contributed by atoms with E-state index in [1.807, 2.05) is 12.1 Å². The van der Waals surface area contributed by atoms with E-state index in [4.69, 9.17) is 11.6 Å². The quantitative estimate of drug-likeness (QED) is 0.591. The molecule has 1 heterocycles. The van der Waals surface area contributed by atoms with Gasteiger partial charge in [-0.1, -0.05) is 23.7 Å². The number of rotatable bonds is 3. The Kier molecular flexibility index (Phi) is 4.71. The van der Waals surface area contributed by atoms with Crippen molar-refractivity contribution in [3.8, 4) is 0 Å². The van der Waals surface area contributed by atoms with Gasteiger partial charge < -0.3 is 0 Å². The Labute approximate surface area is 148 Å². The van der Waals surface area contributed by atoms with Crippen LogP contribution in [0.5, 0.6) is 0 Å². The minimum atomic E-state index is -3.91. The summed E-state index contributed by atoms with van der Waals surface area (Å²) in [5, 5.41) is 10.9. The molecule has 6 nitrogen and oxygen atoms in total. The van der Waals surface area contributed by atoms with Gasteiger partial charge in [-0.15, -0.1) is 11.8 Å². The molecular formula is C15H13ClN2O4S2. The molecule has 2 aromatic rings. The first kappa shape index (κ1) is 17.1. The van der Waals surface area contributed by atoms with Gasteiger partial charge in [-0.25, -0.2) is 8.42 Å². The van der Waals surface area contributed by atoms with Crippen LogP contribution in [0.1, 0.15) is 6.42 Å². The zero-order valence-corrected chi connectivity index (χ0v) is 14.8. The highest BCUT2D eigenvalue weighted by molar-refractivity contribution is 7.99. The molecule has 2 aromatic carbocycles. The molecule has 0 radical (unpaired) electrons. The second-order valence-electron chi connectivity index (χ2n) is 5.12. The van der Waals surface area contributed by atoms with Gasteiger partial charge in [-0.3, -0.25) is 14.4 Å². The van der Waals surface area contributed by atoms with Crippen LogP contribution in [0.3, 0.4) is 0 Å². The summed E-state index contributed by atoms with van der Waals surface area (Å²) >= 11 is 7.38. The standard InChI is InChI=1S/C15H13ClN2O4S2/c16-12-7-6-11(10-14(12)18(19)20)24(21,22)17-8-3-9-23-15-5-2-1-4-13(15)17/h1-2,4-7,10H,3,8-9H2. The van der Waals surface area contributed by atoms with E-state index >= 15 is 0 Å². The van der Waals surface area contributed by atoms with Crippen LogP contribution in [0.2, 0.25) is 5.02 Å². The van der Waals surface area contributed by atoms with Crippen molar-refractivity contribution >= 4 is 44.8 Å². The fourth-order valence-corrected chi connectivity index (χ4v) is 5.25. The fraction of sp³-hybridized carbons (Fsp3) is 0.200. The van der Waals surface area contributed by atoms with Crippen LogP contribution in [0.4, 0.5) is 11.4 Å². The zero-order valence-electron chi connectivity index (χ0n) is 12.4. The third-order valence-corrected chi connectivity index (χ3v) is 6.88. The van der Waals surface area contributed by atoms with Gasteiger partial charge in [-0.05, 0) is 36.4 Å². The van der Waals surface area contributed by atoms with Crippen LogP contribution in [0, 0.1) is 10.1 Å². The molecule has 0 amide bonds. The van der Waals surface area contributed by atoms with E-state index in [1.54, 1.807) is 23.9 Å². The van der Waals surface area contributed by atoms with E-state index in [9.17, 15) is 18.5 Å². The molecule has 9 heteroatoms. The number of para-hydroxylation sites is 1. The minimum Gasteiger partial charge on any atom is -0.265 e. The highest BCUT2D eigenvalue weighted by Gasteiger charge is 2.30. The van der Waals surface area contributed by atoms with E-state index in [0.717, 1.165) is 16.7 Å². The van der Waals surface area contributed by atoms with Crippen LogP contribution in [0.15, 0.2) is 52.3 Å². The smallest absolute Gasteiger partial charge is 0.265 e. The molecule has 0 unspecified atom stereocenters. The van der Waals surface area contributed by atoms with Crippen LogP contribution < -0.4 is 4.31 Å². The molecule has 0 spiro atoms. The third kappa shape index (κ3) is 3.09. The van der Waals surface area contributed by atoms with Crippen molar-refractivity contribution < 1.29 is 13.3 Å². The number of nitro benzene ring substituents is 1. The average Bonchev–Trinajstić information content (AvgIpc) is 2.77. The van der Waals surface area contributed by atoms with Crippen molar-refractivity contribution in [2.45, 2.75) is 16.2 Å². The lowest BCUT2D eigenvalue weighted by atomic mass is 10.3. The molecular weight excluding hydrogens is 372 g/mol. The van der Waals surface area contributed by atoms with E-state index in [1.165, 1.54) is 16.4 Å². The summed E-state index contributed by atoms with van der Waals surface area (Å²) in [7, 11) is -3.91. The van der Waals surface area contributed by atoms with E-state index in [-0.39, 0.29) is 9.92 Å². The minimum absolute atomic E-state index is 0.0919. The molecule has 0 aromatic heterocycles. The van der Waals surface area contributed by atoms with Crippen LogP contribution in [-0.2, 0) is 10.0 Å². The first-order valence-electron chi connectivity index (χ1n) is 7.10. The summed E-state index contributed by atoms with van der Waals surface area (Å²) in [6.45, 7) is 0.322. The monoisotopic (exact) mass is 384 g/mol. The van der Waals surface area contributed by atoms with Crippen molar-refractivity contribution in [3.05, 3.63) is 57.6 Å². The number of hydrogen-bond donors (Lipinski definition) is 0. The van der Waals surface area contributed by atoms with Crippen molar-refractivity contribution in [2.75, 3.05) is 16.6 Å². The molecule has 0 N–H and O–H groups in total. The average molecular weight is 385 g/mol. The Balaban J connectivity index is 2.11. The molecule has 0 saturated heterocycles. The number of fused-ring (bicyclic) bond motifs is 1. The second kappa shape index (κ2) is 6.62. The molecule has 3 rings (SSSR count). The molecule has 0 atom stereocenters. The highest BCUT2D eigenvalue weighted by Crippen LogP contribution is 2.37. The number of sulfonamides is 1. The van der Waals surface area contributed by atoms with E-state index < -0.39 is 20.6 Å². The lowest BCUT2D eigenvalue weighted by molar-refractivity contribution is -0.384. The molecule has 0 aliphatic carbocycles. The summed E-state index contributed by atoms with van der Waals surface area (Å²) in [5.41, 5.74) is 0.174. The fourth-order valence-electron chi connectivity index (χ4n) is 2.47. The van der Waals surface area contributed by atoms with Gasteiger partial charge in [0.15, 0.2) is 0 Å². The number of hydrogen-bond acceptors (Lipinski definition) is 5. The van der Waals surface area contributed by atoms with Crippen molar-refractivity contribution in [1.82, 2.24) is 0 Å². The molecule has 126 valence electrons. The Hall–Kier alpha value is -1.77. The number of nitro groups is 1. The summed E-state index contributed by atoms with van der Waals surface area (Å²) in [6, 6.07) is 10.8. The van der Waals surface area contributed by atoms with Crippen molar-refractivity contribution in [2.24, 2.45) is 0 Å². The second-order valence-corrected chi connectivity index (χ2v) is 8.52. The number of thioether (sulfide) groups is 1. The maximum absolute atomic E-state index is 13.0. The predicted molar refractivity (Wildman–Crippen MR) is 94.4 cm³/mol.